The number of hydrogen-bond donors (Lipinski definition) is 0. The molecule has 180 valence electrons. The Bertz CT molecular complexity index is 1250. The highest BCUT2D eigenvalue weighted by Gasteiger charge is 2.29. The van der Waals surface area contributed by atoms with E-state index in [1.54, 1.807) is 15.9 Å². The van der Waals surface area contributed by atoms with Crippen molar-refractivity contribution in [1.82, 2.24) is 14.5 Å². The molecule has 5 nitrogen and oxygen atoms in total. The lowest BCUT2D eigenvalue weighted by atomic mass is 9.97. The van der Waals surface area contributed by atoms with Crippen LogP contribution in [0.15, 0.2) is 34.2 Å². The fraction of sp³-hybridized carbons (Fsp3) is 0.519. The van der Waals surface area contributed by atoms with E-state index in [0.717, 1.165) is 54.4 Å². The first-order valence-corrected chi connectivity index (χ1v) is 14.4. The summed E-state index contributed by atoms with van der Waals surface area (Å²) in [6.45, 7) is 6.41. The number of benzene rings is 1. The SMILES string of the molecule is CCc1ccc(-n2c(SCC(=O)N3[C@H](C)CCC[C@H]3C)nc3sc4c(c3c2=O)CCCC4)cc1. The van der Waals surface area contributed by atoms with Crippen molar-refractivity contribution in [1.29, 1.82) is 0 Å². The maximum absolute atomic E-state index is 13.9. The summed E-state index contributed by atoms with van der Waals surface area (Å²) < 4.78 is 1.74. The van der Waals surface area contributed by atoms with Gasteiger partial charge in [0.25, 0.3) is 5.56 Å². The van der Waals surface area contributed by atoms with Gasteiger partial charge in [-0.25, -0.2) is 4.98 Å². The molecule has 7 heteroatoms. The maximum Gasteiger partial charge on any atom is 0.267 e. The molecule has 1 saturated heterocycles. The lowest BCUT2D eigenvalue weighted by molar-refractivity contribution is -0.134. The topological polar surface area (TPSA) is 55.2 Å². The van der Waals surface area contributed by atoms with Gasteiger partial charge in [-0.2, -0.15) is 0 Å². The van der Waals surface area contributed by atoms with E-state index in [4.69, 9.17) is 4.98 Å². The molecule has 0 unspecified atom stereocenters. The minimum Gasteiger partial charge on any atom is -0.337 e. The smallest absolute Gasteiger partial charge is 0.267 e. The van der Waals surface area contributed by atoms with Crippen LogP contribution in [0.5, 0.6) is 0 Å². The molecule has 1 aromatic carbocycles. The van der Waals surface area contributed by atoms with E-state index in [1.165, 1.54) is 40.6 Å². The number of amides is 1. The summed E-state index contributed by atoms with van der Waals surface area (Å²) in [6.07, 6.45) is 8.53. The van der Waals surface area contributed by atoms with Crippen molar-refractivity contribution >= 4 is 39.2 Å². The van der Waals surface area contributed by atoms with Crippen molar-refractivity contribution in [2.45, 2.75) is 89.4 Å². The average Bonchev–Trinajstić information content (AvgIpc) is 3.21. The van der Waals surface area contributed by atoms with Crippen LogP contribution in [0.4, 0.5) is 0 Å². The Morgan fingerprint density at radius 3 is 2.50 bits per heavy atom. The normalized spacial score (nSPS) is 20.5. The fourth-order valence-corrected chi connectivity index (χ4v) is 7.69. The summed E-state index contributed by atoms with van der Waals surface area (Å²) in [5.74, 6) is 0.433. The summed E-state index contributed by atoms with van der Waals surface area (Å²) in [7, 11) is 0. The number of aryl methyl sites for hydroxylation is 3. The molecular formula is C27H33N3O2S2. The van der Waals surface area contributed by atoms with Crippen molar-refractivity contribution in [3.05, 3.63) is 50.6 Å². The van der Waals surface area contributed by atoms with Gasteiger partial charge in [0.1, 0.15) is 4.83 Å². The third-order valence-corrected chi connectivity index (χ3v) is 9.48. The first-order chi connectivity index (χ1) is 16.5. The third-order valence-electron chi connectivity index (χ3n) is 7.37. The van der Waals surface area contributed by atoms with Crippen LogP contribution in [-0.2, 0) is 24.1 Å². The monoisotopic (exact) mass is 495 g/mol. The van der Waals surface area contributed by atoms with Crippen LogP contribution in [0.3, 0.4) is 0 Å². The van der Waals surface area contributed by atoms with Gasteiger partial charge in [-0.15, -0.1) is 11.3 Å². The number of carbonyl (C=O) groups excluding carboxylic acids is 1. The number of likely N-dealkylation sites (tertiary alicyclic amines) is 1. The zero-order chi connectivity index (χ0) is 23.8. The molecule has 0 N–H and O–H groups in total. The molecule has 1 amide bonds. The van der Waals surface area contributed by atoms with Gasteiger partial charge in [0.2, 0.25) is 5.91 Å². The predicted octanol–water partition coefficient (Wildman–Crippen LogP) is 5.77. The summed E-state index contributed by atoms with van der Waals surface area (Å²) in [5.41, 5.74) is 3.26. The third kappa shape index (κ3) is 4.33. The predicted molar refractivity (Wildman–Crippen MR) is 142 cm³/mol. The number of thiophene rings is 1. The Balaban J connectivity index is 1.55. The van der Waals surface area contributed by atoms with Crippen molar-refractivity contribution in [3.8, 4) is 5.69 Å². The van der Waals surface area contributed by atoms with Crippen molar-refractivity contribution in [3.63, 3.8) is 0 Å². The maximum atomic E-state index is 13.9. The second-order valence-electron chi connectivity index (χ2n) is 9.66. The molecule has 3 aromatic rings. The molecule has 1 fully saturated rings. The summed E-state index contributed by atoms with van der Waals surface area (Å²) in [6, 6.07) is 8.69. The molecule has 0 radical (unpaired) electrons. The van der Waals surface area contributed by atoms with Crippen molar-refractivity contribution in [2.75, 3.05) is 5.75 Å². The number of aromatic nitrogens is 2. The van der Waals surface area contributed by atoms with Crippen LogP contribution in [-0.4, -0.2) is 38.2 Å². The Labute approximate surface area is 209 Å². The van der Waals surface area contributed by atoms with Crippen LogP contribution in [0.1, 0.15) is 68.9 Å². The molecule has 3 heterocycles. The van der Waals surface area contributed by atoms with Crippen LogP contribution < -0.4 is 5.56 Å². The molecule has 2 aromatic heterocycles. The molecule has 34 heavy (non-hydrogen) atoms. The van der Waals surface area contributed by atoms with Gasteiger partial charge >= 0.3 is 0 Å². The molecule has 1 aliphatic carbocycles. The van der Waals surface area contributed by atoms with Gasteiger partial charge in [-0.05, 0) is 88.5 Å². The van der Waals surface area contributed by atoms with Gasteiger partial charge in [-0.1, -0.05) is 30.8 Å². The first kappa shape index (κ1) is 23.6. The second-order valence-corrected chi connectivity index (χ2v) is 11.7. The number of carbonyl (C=O) groups is 1. The number of thioether (sulfide) groups is 1. The Hall–Kier alpha value is -2.12. The van der Waals surface area contributed by atoms with Gasteiger partial charge in [0.05, 0.1) is 16.8 Å². The van der Waals surface area contributed by atoms with Gasteiger partial charge in [-0.3, -0.25) is 14.2 Å². The van der Waals surface area contributed by atoms with E-state index in [9.17, 15) is 9.59 Å². The quantitative estimate of drug-likeness (QED) is 0.333. The van der Waals surface area contributed by atoms with Crippen LogP contribution in [0.2, 0.25) is 0 Å². The fourth-order valence-electron chi connectivity index (χ4n) is 5.51. The first-order valence-electron chi connectivity index (χ1n) is 12.6. The number of rotatable bonds is 5. The number of piperidine rings is 1. The Morgan fingerprint density at radius 2 is 1.79 bits per heavy atom. The number of hydrogen-bond acceptors (Lipinski definition) is 5. The zero-order valence-electron chi connectivity index (χ0n) is 20.3. The highest BCUT2D eigenvalue weighted by atomic mass is 32.2. The zero-order valence-corrected chi connectivity index (χ0v) is 21.9. The summed E-state index contributed by atoms with van der Waals surface area (Å²) in [4.78, 5) is 36.3. The van der Waals surface area contributed by atoms with Crippen molar-refractivity contribution < 1.29 is 4.79 Å². The van der Waals surface area contributed by atoms with Crippen molar-refractivity contribution in [2.24, 2.45) is 0 Å². The largest absolute Gasteiger partial charge is 0.337 e. The number of nitrogens with zero attached hydrogens (tertiary/aromatic N) is 3. The highest BCUT2D eigenvalue weighted by molar-refractivity contribution is 7.99. The summed E-state index contributed by atoms with van der Waals surface area (Å²) in [5, 5.41) is 1.40. The molecule has 0 saturated carbocycles. The molecule has 1 aliphatic heterocycles. The Morgan fingerprint density at radius 1 is 1.09 bits per heavy atom. The Kier molecular flexibility index (Phi) is 6.85. The van der Waals surface area contributed by atoms with Gasteiger partial charge in [0.15, 0.2) is 5.16 Å². The second kappa shape index (κ2) is 9.86. The molecule has 0 bridgehead atoms. The average molecular weight is 496 g/mol. The van der Waals surface area contributed by atoms with E-state index in [0.29, 0.717) is 10.9 Å². The van der Waals surface area contributed by atoms with Gasteiger partial charge < -0.3 is 4.90 Å². The van der Waals surface area contributed by atoms with E-state index in [2.05, 4.69) is 32.9 Å². The lowest BCUT2D eigenvalue weighted by Gasteiger charge is -2.39. The molecule has 2 aliphatic rings. The molecule has 2 atom stereocenters. The lowest BCUT2D eigenvalue weighted by Crippen LogP contribution is -2.48. The number of fused-ring (bicyclic) bond motifs is 3. The highest BCUT2D eigenvalue weighted by Crippen LogP contribution is 2.35. The standard InChI is InChI=1S/C27H33N3O2S2/c1-4-19-12-14-20(15-13-19)30-26(32)24-21-10-5-6-11-22(21)34-25(24)28-27(30)33-16-23(31)29-17(2)8-7-9-18(29)3/h12-15,17-18H,4-11,16H2,1-3H3/t17-,18-/m1/s1. The van der Waals surface area contributed by atoms with Gasteiger partial charge in [0, 0.05) is 17.0 Å². The van der Waals surface area contributed by atoms with E-state index in [1.807, 2.05) is 17.0 Å². The molecule has 0 spiro atoms. The summed E-state index contributed by atoms with van der Waals surface area (Å²) >= 11 is 3.07. The van der Waals surface area contributed by atoms with Crippen LogP contribution >= 0.6 is 23.1 Å². The van der Waals surface area contributed by atoms with Crippen LogP contribution in [0, 0.1) is 0 Å². The minimum absolute atomic E-state index is 0.00306. The van der Waals surface area contributed by atoms with E-state index < -0.39 is 0 Å². The van der Waals surface area contributed by atoms with Crippen LogP contribution in [0.25, 0.3) is 15.9 Å². The molecular weight excluding hydrogens is 462 g/mol. The van der Waals surface area contributed by atoms with E-state index in [-0.39, 0.29) is 23.6 Å². The van der Waals surface area contributed by atoms with E-state index >= 15 is 0 Å². The minimum atomic E-state index is 0.00306. The molecule has 5 rings (SSSR count).